The molecule has 1 heterocycles. The van der Waals surface area contributed by atoms with Gasteiger partial charge in [-0.3, -0.25) is 4.98 Å². The van der Waals surface area contributed by atoms with Crippen LogP contribution >= 0.6 is 0 Å². The summed E-state index contributed by atoms with van der Waals surface area (Å²) >= 11 is 0. The predicted octanol–water partition coefficient (Wildman–Crippen LogP) is 4.43. The molecule has 0 aromatic carbocycles. The van der Waals surface area contributed by atoms with Crippen molar-refractivity contribution in [1.29, 1.82) is 0 Å². The average molecular weight is 257 g/mol. The standard InChI is InChI=1S/C18H27N/c1-18(2,3)12-17-15-10-5-4-8-13(15)14-9-6-7-11-16(14)19-17/h4-12H2,1-3H3. The molecule has 1 aromatic heterocycles. The highest BCUT2D eigenvalue weighted by Gasteiger charge is 2.25. The number of pyridine rings is 1. The third kappa shape index (κ3) is 2.70. The van der Waals surface area contributed by atoms with Crippen molar-refractivity contribution in [2.24, 2.45) is 5.41 Å². The molecule has 0 saturated heterocycles. The lowest BCUT2D eigenvalue weighted by Crippen LogP contribution is -2.21. The van der Waals surface area contributed by atoms with Gasteiger partial charge in [-0.15, -0.1) is 0 Å². The smallest absolute Gasteiger partial charge is 0.0447 e. The van der Waals surface area contributed by atoms with Crippen LogP contribution in [0, 0.1) is 5.41 Å². The van der Waals surface area contributed by atoms with E-state index >= 15 is 0 Å². The van der Waals surface area contributed by atoms with Gasteiger partial charge in [-0.25, -0.2) is 0 Å². The number of nitrogens with zero attached hydrogens (tertiary/aromatic N) is 1. The van der Waals surface area contributed by atoms with Gasteiger partial charge in [0.1, 0.15) is 0 Å². The zero-order chi connectivity index (χ0) is 13.5. The molecule has 0 bridgehead atoms. The van der Waals surface area contributed by atoms with Gasteiger partial charge in [0, 0.05) is 11.4 Å². The van der Waals surface area contributed by atoms with Crippen molar-refractivity contribution in [3.63, 3.8) is 0 Å². The van der Waals surface area contributed by atoms with Crippen LogP contribution in [0.1, 0.15) is 74.5 Å². The molecule has 0 spiro atoms. The third-order valence-electron chi connectivity index (χ3n) is 4.59. The van der Waals surface area contributed by atoms with Crippen LogP contribution in [0.3, 0.4) is 0 Å². The van der Waals surface area contributed by atoms with Crippen LogP contribution in [0.15, 0.2) is 0 Å². The quantitative estimate of drug-likeness (QED) is 0.725. The Morgan fingerprint density at radius 2 is 1.37 bits per heavy atom. The third-order valence-corrected chi connectivity index (χ3v) is 4.59. The second-order valence-corrected chi connectivity index (χ2v) is 7.59. The van der Waals surface area contributed by atoms with Gasteiger partial charge in [0.15, 0.2) is 0 Å². The van der Waals surface area contributed by atoms with Crippen molar-refractivity contribution >= 4 is 0 Å². The number of hydrogen-bond donors (Lipinski definition) is 0. The number of hydrogen-bond acceptors (Lipinski definition) is 1. The maximum atomic E-state index is 5.11. The van der Waals surface area contributed by atoms with Crippen molar-refractivity contribution < 1.29 is 0 Å². The Kier molecular flexibility index (Phi) is 3.41. The van der Waals surface area contributed by atoms with E-state index in [9.17, 15) is 0 Å². The summed E-state index contributed by atoms with van der Waals surface area (Å²) in [5.74, 6) is 0. The van der Waals surface area contributed by atoms with Crippen LogP contribution in [0.2, 0.25) is 0 Å². The van der Waals surface area contributed by atoms with Gasteiger partial charge >= 0.3 is 0 Å². The summed E-state index contributed by atoms with van der Waals surface area (Å²) < 4.78 is 0. The van der Waals surface area contributed by atoms with Gasteiger partial charge in [-0.2, -0.15) is 0 Å². The van der Waals surface area contributed by atoms with Gasteiger partial charge in [0.25, 0.3) is 0 Å². The molecule has 2 aliphatic rings. The van der Waals surface area contributed by atoms with E-state index in [1.165, 1.54) is 62.8 Å². The first kappa shape index (κ1) is 13.1. The van der Waals surface area contributed by atoms with Crippen molar-refractivity contribution in [3.05, 3.63) is 28.1 Å². The second kappa shape index (κ2) is 4.92. The predicted molar refractivity (Wildman–Crippen MR) is 80.7 cm³/mol. The minimum atomic E-state index is 0.348. The first-order valence-corrected chi connectivity index (χ1v) is 8.07. The lowest BCUT2D eigenvalue weighted by atomic mass is 9.79. The van der Waals surface area contributed by atoms with Crippen molar-refractivity contribution in [2.75, 3.05) is 0 Å². The van der Waals surface area contributed by atoms with E-state index in [2.05, 4.69) is 20.8 Å². The molecule has 1 aromatic rings. The minimum Gasteiger partial charge on any atom is -0.257 e. The summed E-state index contributed by atoms with van der Waals surface area (Å²) in [6, 6.07) is 0. The Morgan fingerprint density at radius 1 is 0.789 bits per heavy atom. The minimum absolute atomic E-state index is 0.348. The summed E-state index contributed by atoms with van der Waals surface area (Å²) in [6.45, 7) is 7.01. The average Bonchev–Trinajstić information content (AvgIpc) is 2.37. The van der Waals surface area contributed by atoms with Gasteiger partial charge in [-0.05, 0) is 79.9 Å². The van der Waals surface area contributed by atoms with Crippen LogP contribution in [0.25, 0.3) is 0 Å². The maximum Gasteiger partial charge on any atom is 0.0447 e. The lowest BCUT2D eigenvalue weighted by Gasteiger charge is -2.29. The highest BCUT2D eigenvalue weighted by molar-refractivity contribution is 5.43. The monoisotopic (exact) mass is 257 g/mol. The van der Waals surface area contributed by atoms with Gasteiger partial charge in [0.2, 0.25) is 0 Å². The molecular formula is C18H27N. The molecule has 3 rings (SSSR count). The SMILES string of the molecule is CC(C)(C)Cc1nc2c(c3c1CCCC3)CCCC2. The Hall–Kier alpha value is -0.850. The van der Waals surface area contributed by atoms with Crippen molar-refractivity contribution in [1.82, 2.24) is 4.98 Å². The molecule has 0 aliphatic heterocycles. The number of aromatic nitrogens is 1. The van der Waals surface area contributed by atoms with Gasteiger partial charge < -0.3 is 0 Å². The molecule has 2 aliphatic carbocycles. The summed E-state index contributed by atoms with van der Waals surface area (Å²) in [7, 11) is 0. The Balaban J connectivity index is 2.08. The first-order chi connectivity index (χ1) is 9.04. The van der Waals surface area contributed by atoms with Gasteiger partial charge in [-0.1, -0.05) is 20.8 Å². The van der Waals surface area contributed by atoms with E-state index in [1.54, 1.807) is 16.7 Å². The van der Waals surface area contributed by atoms with E-state index in [-0.39, 0.29) is 0 Å². The fourth-order valence-corrected chi connectivity index (χ4v) is 3.77. The summed E-state index contributed by atoms with van der Waals surface area (Å²) in [5.41, 5.74) is 8.24. The fraction of sp³-hybridized carbons (Fsp3) is 0.722. The van der Waals surface area contributed by atoms with E-state index in [0.29, 0.717) is 5.41 Å². The molecule has 0 atom stereocenters. The largest absolute Gasteiger partial charge is 0.257 e. The zero-order valence-electron chi connectivity index (χ0n) is 12.8. The topological polar surface area (TPSA) is 12.9 Å². The van der Waals surface area contributed by atoms with Crippen molar-refractivity contribution in [3.8, 4) is 0 Å². The summed E-state index contributed by atoms with van der Waals surface area (Å²) in [4.78, 5) is 5.11. The number of rotatable bonds is 1. The number of fused-ring (bicyclic) bond motifs is 3. The Morgan fingerprint density at radius 3 is 2.05 bits per heavy atom. The second-order valence-electron chi connectivity index (χ2n) is 7.59. The molecule has 1 nitrogen and oxygen atoms in total. The van der Waals surface area contributed by atoms with Crippen LogP contribution in [0.4, 0.5) is 0 Å². The molecule has 0 fully saturated rings. The molecule has 104 valence electrons. The first-order valence-electron chi connectivity index (χ1n) is 8.07. The molecular weight excluding hydrogens is 230 g/mol. The van der Waals surface area contributed by atoms with E-state index < -0.39 is 0 Å². The maximum absolute atomic E-state index is 5.11. The molecule has 1 heteroatoms. The van der Waals surface area contributed by atoms with Crippen LogP contribution < -0.4 is 0 Å². The van der Waals surface area contributed by atoms with E-state index in [1.807, 2.05) is 0 Å². The molecule has 0 N–H and O–H groups in total. The molecule has 0 amide bonds. The highest BCUT2D eigenvalue weighted by atomic mass is 14.7. The Labute approximate surface area is 117 Å². The van der Waals surface area contributed by atoms with Crippen LogP contribution in [0.5, 0.6) is 0 Å². The Bertz CT molecular complexity index is 479. The molecule has 0 saturated carbocycles. The van der Waals surface area contributed by atoms with E-state index in [4.69, 9.17) is 4.98 Å². The normalized spacial score (nSPS) is 18.9. The lowest BCUT2D eigenvalue weighted by molar-refractivity contribution is 0.402. The van der Waals surface area contributed by atoms with E-state index in [0.717, 1.165) is 6.42 Å². The molecule has 0 unspecified atom stereocenters. The van der Waals surface area contributed by atoms with Crippen LogP contribution in [-0.4, -0.2) is 4.98 Å². The molecule has 0 radical (unpaired) electrons. The zero-order valence-corrected chi connectivity index (χ0v) is 12.8. The fourth-order valence-electron chi connectivity index (χ4n) is 3.77. The number of aryl methyl sites for hydroxylation is 1. The molecule has 19 heavy (non-hydrogen) atoms. The summed E-state index contributed by atoms with van der Waals surface area (Å²) in [5, 5.41) is 0. The van der Waals surface area contributed by atoms with Gasteiger partial charge in [0.05, 0.1) is 0 Å². The summed E-state index contributed by atoms with van der Waals surface area (Å²) in [6.07, 6.45) is 11.7. The van der Waals surface area contributed by atoms with Crippen molar-refractivity contribution in [2.45, 2.75) is 78.6 Å². The van der Waals surface area contributed by atoms with Crippen LogP contribution in [-0.2, 0) is 32.1 Å². The highest BCUT2D eigenvalue weighted by Crippen LogP contribution is 2.34.